The molecule has 0 unspecified atom stereocenters. The summed E-state index contributed by atoms with van der Waals surface area (Å²) in [5.74, 6) is 0.940. The van der Waals surface area contributed by atoms with Crippen LogP contribution in [0.25, 0.3) is 11.3 Å². The van der Waals surface area contributed by atoms with Gasteiger partial charge in [-0.3, -0.25) is 0 Å². The average molecular weight is 172 g/mol. The van der Waals surface area contributed by atoms with Gasteiger partial charge in [0.1, 0.15) is 5.75 Å². The molecule has 1 aliphatic heterocycles. The van der Waals surface area contributed by atoms with Gasteiger partial charge in [0, 0.05) is 11.8 Å². The van der Waals surface area contributed by atoms with Crippen molar-refractivity contribution in [3.05, 3.63) is 36.5 Å². The Kier molecular flexibility index (Phi) is 1.22. The third-order valence-electron chi connectivity index (χ3n) is 2.22. The summed E-state index contributed by atoms with van der Waals surface area (Å²) in [6.45, 7) is 0.513. The van der Waals surface area contributed by atoms with Gasteiger partial charge in [0.05, 0.1) is 5.69 Å². The fourth-order valence-electron chi connectivity index (χ4n) is 1.60. The van der Waals surface area contributed by atoms with Gasteiger partial charge < -0.3 is 4.74 Å². The van der Waals surface area contributed by atoms with E-state index in [0.717, 1.165) is 17.0 Å². The summed E-state index contributed by atoms with van der Waals surface area (Å²) >= 11 is 0. The molecule has 0 N–H and O–H groups in total. The molecule has 13 heavy (non-hydrogen) atoms. The van der Waals surface area contributed by atoms with Gasteiger partial charge >= 0.3 is 0 Å². The van der Waals surface area contributed by atoms with Gasteiger partial charge in [-0.15, -0.1) is 0 Å². The minimum absolute atomic E-state index is 0.513. The molecule has 0 saturated heterocycles. The molecular formula is C10H8N2O. The minimum Gasteiger partial charge on any atom is -0.471 e. The number of hydrogen-bond donors (Lipinski definition) is 0. The van der Waals surface area contributed by atoms with Gasteiger partial charge in [0.2, 0.25) is 0 Å². The lowest BCUT2D eigenvalue weighted by Crippen LogP contribution is -2.13. The lowest BCUT2D eigenvalue weighted by Gasteiger charge is -2.18. The van der Waals surface area contributed by atoms with Gasteiger partial charge in [-0.2, -0.15) is 5.10 Å². The molecule has 3 rings (SSSR count). The first-order valence-electron chi connectivity index (χ1n) is 4.19. The topological polar surface area (TPSA) is 27.1 Å². The maximum absolute atomic E-state index is 5.51. The van der Waals surface area contributed by atoms with E-state index in [1.165, 1.54) is 0 Å². The van der Waals surface area contributed by atoms with Crippen molar-refractivity contribution in [3.8, 4) is 17.0 Å². The van der Waals surface area contributed by atoms with Gasteiger partial charge in [-0.1, -0.05) is 12.1 Å². The van der Waals surface area contributed by atoms with Crippen LogP contribution in [0.1, 0.15) is 0 Å². The zero-order valence-corrected chi connectivity index (χ0v) is 6.97. The van der Waals surface area contributed by atoms with Crippen LogP contribution >= 0.6 is 0 Å². The number of para-hydroxylation sites is 1. The number of rotatable bonds is 0. The van der Waals surface area contributed by atoms with Crippen molar-refractivity contribution >= 4 is 0 Å². The maximum Gasteiger partial charge on any atom is 0.181 e. The van der Waals surface area contributed by atoms with Crippen LogP contribution in [0.4, 0.5) is 0 Å². The largest absolute Gasteiger partial charge is 0.471 e. The fraction of sp³-hybridized carbons (Fsp3) is 0.100. The van der Waals surface area contributed by atoms with Crippen LogP contribution in [0.3, 0.4) is 0 Å². The van der Waals surface area contributed by atoms with Crippen LogP contribution in [-0.2, 0) is 6.73 Å². The van der Waals surface area contributed by atoms with E-state index in [-0.39, 0.29) is 0 Å². The third-order valence-corrected chi connectivity index (χ3v) is 2.22. The van der Waals surface area contributed by atoms with Crippen LogP contribution in [0.2, 0.25) is 0 Å². The molecule has 2 heterocycles. The standard InChI is InChI=1S/C10H8N2O/c1-2-4-10-8(3-1)9-5-6-11-12(9)7-13-10/h1-6H,7H2. The second-order valence-electron chi connectivity index (χ2n) is 2.99. The van der Waals surface area contributed by atoms with Gasteiger partial charge in [-0.05, 0) is 18.2 Å². The first kappa shape index (κ1) is 6.71. The van der Waals surface area contributed by atoms with E-state index in [0.29, 0.717) is 6.73 Å². The molecule has 1 aliphatic rings. The van der Waals surface area contributed by atoms with Crippen molar-refractivity contribution in [3.63, 3.8) is 0 Å². The molecule has 0 aliphatic carbocycles. The molecule has 0 spiro atoms. The molecule has 2 aromatic rings. The highest BCUT2D eigenvalue weighted by molar-refractivity contribution is 5.68. The molecular weight excluding hydrogens is 164 g/mol. The van der Waals surface area contributed by atoms with Crippen molar-refractivity contribution < 1.29 is 4.74 Å². The van der Waals surface area contributed by atoms with E-state index in [2.05, 4.69) is 5.10 Å². The Labute approximate surface area is 75.6 Å². The Morgan fingerprint density at radius 3 is 3.15 bits per heavy atom. The summed E-state index contributed by atoms with van der Waals surface area (Å²) < 4.78 is 7.36. The number of hydrogen-bond acceptors (Lipinski definition) is 2. The first-order valence-corrected chi connectivity index (χ1v) is 4.19. The summed E-state index contributed by atoms with van der Waals surface area (Å²) in [6.07, 6.45) is 1.79. The van der Waals surface area contributed by atoms with E-state index >= 15 is 0 Å². The summed E-state index contributed by atoms with van der Waals surface area (Å²) in [5, 5.41) is 4.15. The van der Waals surface area contributed by atoms with E-state index in [1.807, 2.05) is 35.0 Å². The fourth-order valence-corrected chi connectivity index (χ4v) is 1.60. The number of nitrogens with zero attached hydrogens (tertiary/aromatic N) is 2. The van der Waals surface area contributed by atoms with Gasteiger partial charge in [0.15, 0.2) is 6.73 Å². The second-order valence-corrected chi connectivity index (χ2v) is 2.99. The predicted octanol–water partition coefficient (Wildman–Crippen LogP) is 1.90. The van der Waals surface area contributed by atoms with Crippen molar-refractivity contribution in [2.45, 2.75) is 6.73 Å². The molecule has 0 bridgehead atoms. The van der Waals surface area contributed by atoms with Gasteiger partial charge in [-0.25, -0.2) is 4.68 Å². The van der Waals surface area contributed by atoms with Crippen LogP contribution in [0, 0.1) is 0 Å². The first-order chi connectivity index (χ1) is 6.45. The zero-order valence-electron chi connectivity index (χ0n) is 6.97. The molecule has 0 radical (unpaired) electrons. The minimum atomic E-state index is 0.513. The summed E-state index contributed by atoms with van der Waals surface area (Å²) in [6, 6.07) is 10.0. The van der Waals surface area contributed by atoms with Crippen LogP contribution < -0.4 is 4.74 Å². The molecule has 0 fully saturated rings. The molecule has 0 atom stereocenters. The van der Waals surface area contributed by atoms with E-state index in [9.17, 15) is 0 Å². The lowest BCUT2D eigenvalue weighted by molar-refractivity contribution is 0.214. The summed E-state index contributed by atoms with van der Waals surface area (Å²) in [4.78, 5) is 0. The molecule has 0 amide bonds. The van der Waals surface area contributed by atoms with E-state index in [1.54, 1.807) is 6.20 Å². The van der Waals surface area contributed by atoms with Crippen molar-refractivity contribution in [1.29, 1.82) is 0 Å². The highest BCUT2D eigenvalue weighted by Gasteiger charge is 2.15. The third kappa shape index (κ3) is 0.869. The predicted molar refractivity (Wildman–Crippen MR) is 48.3 cm³/mol. The van der Waals surface area contributed by atoms with Crippen LogP contribution in [0.15, 0.2) is 36.5 Å². The lowest BCUT2D eigenvalue weighted by atomic mass is 10.1. The number of aromatic nitrogens is 2. The molecule has 3 heteroatoms. The quantitative estimate of drug-likeness (QED) is 0.606. The smallest absolute Gasteiger partial charge is 0.181 e. The van der Waals surface area contributed by atoms with Crippen molar-refractivity contribution in [2.75, 3.05) is 0 Å². The van der Waals surface area contributed by atoms with E-state index < -0.39 is 0 Å². The van der Waals surface area contributed by atoms with E-state index in [4.69, 9.17) is 4.74 Å². The Bertz CT molecular complexity index is 448. The molecule has 0 saturated carbocycles. The van der Waals surface area contributed by atoms with Gasteiger partial charge in [0.25, 0.3) is 0 Å². The van der Waals surface area contributed by atoms with Crippen LogP contribution in [0.5, 0.6) is 5.75 Å². The Morgan fingerprint density at radius 1 is 1.23 bits per heavy atom. The summed E-state index contributed by atoms with van der Waals surface area (Å²) in [5.41, 5.74) is 2.24. The number of fused-ring (bicyclic) bond motifs is 3. The second kappa shape index (κ2) is 2.36. The number of benzene rings is 1. The monoisotopic (exact) mass is 172 g/mol. The SMILES string of the molecule is c1ccc2c(c1)OCn1nccc1-2. The molecule has 1 aromatic heterocycles. The zero-order chi connectivity index (χ0) is 8.67. The number of ether oxygens (including phenoxy) is 1. The molecule has 1 aromatic carbocycles. The maximum atomic E-state index is 5.51. The Morgan fingerprint density at radius 2 is 2.15 bits per heavy atom. The Balaban J connectivity index is 2.30. The molecule has 64 valence electrons. The highest BCUT2D eigenvalue weighted by atomic mass is 16.5. The normalized spacial score (nSPS) is 12.9. The van der Waals surface area contributed by atoms with Crippen molar-refractivity contribution in [2.24, 2.45) is 0 Å². The van der Waals surface area contributed by atoms with Crippen LogP contribution in [-0.4, -0.2) is 9.78 Å². The Hall–Kier alpha value is -1.77. The highest BCUT2D eigenvalue weighted by Crippen LogP contribution is 2.32. The average Bonchev–Trinajstić information content (AvgIpc) is 2.65. The van der Waals surface area contributed by atoms with Crippen molar-refractivity contribution in [1.82, 2.24) is 9.78 Å². The molecule has 3 nitrogen and oxygen atoms in total. The summed E-state index contributed by atoms with van der Waals surface area (Å²) in [7, 11) is 0.